The molecule has 0 spiro atoms. The standard InChI is InChI=1S/C20H21ClN4O4/c1-28-18-11-17-16(10-19(18)29-8-3-2-7-21)20(24-13-23-17)22-12-14-5-4-6-15(9-14)25(26)27/h4-6,9-11,13H,2-3,7-8,12H2,1H3,(H,22,23,24). The Balaban J connectivity index is 1.83. The first kappa shape index (κ1) is 20.6. The highest BCUT2D eigenvalue weighted by Gasteiger charge is 2.12. The van der Waals surface area contributed by atoms with Crippen molar-refractivity contribution < 1.29 is 14.4 Å². The number of rotatable bonds is 10. The first-order chi connectivity index (χ1) is 14.1. The number of halogens is 1. The largest absolute Gasteiger partial charge is 0.493 e. The number of unbranched alkanes of at least 4 members (excludes halogenated alkanes) is 1. The summed E-state index contributed by atoms with van der Waals surface area (Å²) in [6.07, 6.45) is 3.17. The molecule has 0 aliphatic heterocycles. The topological polar surface area (TPSA) is 99.4 Å². The third-order valence-electron chi connectivity index (χ3n) is 4.29. The van der Waals surface area contributed by atoms with E-state index in [1.807, 2.05) is 12.1 Å². The minimum atomic E-state index is -0.413. The molecule has 2 aromatic carbocycles. The summed E-state index contributed by atoms with van der Waals surface area (Å²) >= 11 is 5.71. The molecule has 9 heteroatoms. The summed E-state index contributed by atoms with van der Waals surface area (Å²) in [6.45, 7) is 0.907. The highest BCUT2D eigenvalue weighted by Crippen LogP contribution is 2.34. The average Bonchev–Trinajstić information content (AvgIpc) is 2.74. The fourth-order valence-corrected chi connectivity index (χ4v) is 3.01. The summed E-state index contributed by atoms with van der Waals surface area (Å²) < 4.78 is 11.3. The first-order valence-corrected chi connectivity index (χ1v) is 9.64. The second-order valence-corrected chi connectivity index (χ2v) is 6.65. The quantitative estimate of drug-likeness (QED) is 0.224. The molecule has 0 saturated carbocycles. The van der Waals surface area contributed by atoms with Crippen molar-refractivity contribution in [3.63, 3.8) is 0 Å². The van der Waals surface area contributed by atoms with Gasteiger partial charge < -0.3 is 14.8 Å². The Morgan fingerprint density at radius 3 is 2.79 bits per heavy atom. The molecule has 0 saturated heterocycles. The van der Waals surface area contributed by atoms with Crippen LogP contribution in [0.4, 0.5) is 11.5 Å². The summed E-state index contributed by atoms with van der Waals surface area (Å²) in [5.41, 5.74) is 1.53. The third-order valence-corrected chi connectivity index (χ3v) is 4.55. The number of fused-ring (bicyclic) bond motifs is 1. The van der Waals surface area contributed by atoms with Gasteiger partial charge in [0.15, 0.2) is 11.5 Å². The van der Waals surface area contributed by atoms with Crippen LogP contribution in [0.3, 0.4) is 0 Å². The fraction of sp³-hybridized carbons (Fsp3) is 0.300. The van der Waals surface area contributed by atoms with Gasteiger partial charge in [-0.15, -0.1) is 11.6 Å². The van der Waals surface area contributed by atoms with Gasteiger partial charge >= 0.3 is 0 Å². The van der Waals surface area contributed by atoms with Crippen LogP contribution in [0.15, 0.2) is 42.7 Å². The molecule has 1 heterocycles. The lowest BCUT2D eigenvalue weighted by Gasteiger charge is -2.14. The molecule has 0 aliphatic carbocycles. The normalized spacial score (nSPS) is 10.7. The number of hydrogen-bond acceptors (Lipinski definition) is 7. The molecule has 8 nitrogen and oxygen atoms in total. The van der Waals surface area contributed by atoms with Crippen molar-refractivity contribution in [2.45, 2.75) is 19.4 Å². The summed E-state index contributed by atoms with van der Waals surface area (Å²) in [7, 11) is 1.58. The minimum Gasteiger partial charge on any atom is -0.493 e. The van der Waals surface area contributed by atoms with E-state index in [2.05, 4.69) is 15.3 Å². The van der Waals surface area contributed by atoms with Crippen molar-refractivity contribution in [2.24, 2.45) is 0 Å². The lowest BCUT2D eigenvalue weighted by molar-refractivity contribution is -0.384. The highest BCUT2D eigenvalue weighted by atomic mass is 35.5. The van der Waals surface area contributed by atoms with Gasteiger partial charge in [0.05, 0.1) is 24.2 Å². The molecule has 0 aliphatic rings. The van der Waals surface area contributed by atoms with E-state index < -0.39 is 4.92 Å². The van der Waals surface area contributed by atoms with Gasteiger partial charge in [-0.2, -0.15) is 0 Å². The maximum atomic E-state index is 11.0. The molecule has 0 radical (unpaired) electrons. The zero-order chi connectivity index (χ0) is 20.6. The Kier molecular flexibility index (Phi) is 7.02. The summed E-state index contributed by atoms with van der Waals surface area (Å²) in [5, 5.41) is 15.0. The van der Waals surface area contributed by atoms with Crippen molar-refractivity contribution in [1.82, 2.24) is 9.97 Å². The number of hydrogen-bond donors (Lipinski definition) is 1. The molecule has 0 amide bonds. The van der Waals surface area contributed by atoms with E-state index in [9.17, 15) is 10.1 Å². The third kappa shape index (κ3) is 5.23. The van der Waals surface area contributed by atoms with Crippen molar-refractivity contribution in [1.29, 1.82) is 0 Å². The minimum absolute atomic E-state index is 0.0502. The number of methoxy groups -OCH3 is 1. The SMILES string of the molecule is COc1cc2ncnc(NCc3cccc([N+](=O)[O-])c3)c2cc1OCCCCCl. The van der Waals surface area contributed by atoms with Gasteiger partial charge in [-0.3, -0.25) is 10.1 Å². The monoisotopic (exact) mass is 416 g/mol. The Labute approximate surface area is 173 Å². The van der Waals surface area contributed by atoms with Gasteiger partial charge in [-0.05, 0) is 24.5 Å². The van der Waals surface area contributed by atoms with E-state index in [1.165, 1.54) is 18.5 Å². The fourth-order valence-electron chi connectivity index (χ4n) is 2.82. The van der Waals surface area contributed by atoms with Crippen molar-refractivity contribution >= 4 is 34.0 Å². The van der Waals surface area contributed by atoms with Crippen molar-refractivity contribution in [3.05, 3.63) is 58.4 Å². The summed E-state index contributed by atoms with van der Waals surface area (Å²) in [4.78, 5) is 19.2. The Hall–Kier alpha value is -3.13. The van der Waals surface area contributed by atoms with Crippen LogP contribution in [0.5, 0.6) is 11.5 Å². The molecular weight excluding hydrogens is 396 g/mol. The number of ether oxygens (including phenoxy) is 2. The molecule has 29 heavy (non-hydrogen) atoms. The number of anilines is 1. The molecule has 0 bridgehead atoms. The van der Waals surface area contributed by atoms with Gasteiger partial charge in [-0.1, -0.05) is 12.1 Å². The predicted molar refractivity (Wildman–Crippen MR) is 112 cm³/mol. The van der Waals surface area contributed by atoms with Crippen LogP contribution in [0.2, 0.25) is 0 Å². The summed E-state index contributed by atoms with van der Waals surface area (Å²) in [5.74, 6) is 2.39. The number of nitrogens with one attached hydrogen (secondary N) is 1. The Morgan fingerprint density at radius 1 is 1.17 bits per heavy atom. The number of benzene rings is 2. The number of nitro groups is 1. The number of nitrogens with zero attached hydrogens (tertiary/aromatic N) is 3. The van der Waals surface area contributed by atoms with Crippen LogP contribution in [0.1, 0.15) is 18.4 Å². The maximum Gasteiger partial charge on any atom is 0.269 e. The number of non-ortho nitro benzene ring substituents is 1. The van der Waals surface area contributed by atoms with Gasteiger partial charge in [-0.25, -0.2) is 9.97 Å². The van der Waals surface area contributed by atoms with Crippen molar-refractivity contribution in [3.8, 4) is 11.5 Å². The molecular formula is C20H21ClN4O4. The zero-order valence-corrected chi connectivity index (χ0v) is 16.7. The van der Waals surface area contributed by atoms with Gasteiger partial charge in [0.2, 0.25) is 0 Å². The van der Waals surface area contributed by atoms with Crippen LogP contribution < -0.4 is 14.8 Å². The van der Waals surface area contributed by atoms with E-state index in [1.54, 1.807) is 19.2 Å². The van der Waals surface area contributed by atoms with Crippen molar-refractivity contribution in [2.75, 3.05) is 24.9 Å². The van der Waals surface area contributed by atoms with E-state index in [0.29, 0.717) is 41.9 Å². The molecule has 1 aromatic heterocycles. The second-order valence-electron chi connectivity index (χ2n) is 6.27. The number of aromatic nitrogens is 2. The smallest absolute Gasteiger partial charge is 0.269 e. The highest BCUT2D eigenvalue weighted by molar-refractivity contribution is 6.17. The van der Waals surface area contributed by atoms with Crippen LogP contribution >= 0.6 is 11.6 Å². The van der Waals surface area contributed by atoms with Gasteiger partial charge in [0.1, 0.15) is 12.1 Å². The second kappa shape index (κ2) is 9.88. The van der Waals surface area contributed by atoms with E-state index in [-0.39, 0.29) is 5.69 Å². The van der Waals surface area contributed by atoms with Crippen LogP contribution in [0.25, 0.3) is 10.9 Å². The molecule has 0 fully saturated rings. The molecule has 1 N–H and O–H groups in total. The van der Waals surface area contributed by atoms with Crippen LogP contribution in [-0.4, -0.2) is 34.5 Å². The lowest BCUT2D eigenvalue weighted by Crippen LogP contribution is -2.04. The van der Waals surface area contributed by atoms with E-state index in [0.717, 1.165) is 23.8 Å². The van der Waals surface area contributed by atoms with Crippen LogP contribution in [-0.2, 0) is 6.54 Å². The lowest BCUT2D eigenvalue weighted by atomic mass is 10.2. The molecule has 3 rings (SSSR count). The molecule has 0 atom stereocenters. The number of nitro benzene ring substituents is 1. The Morgan fingerprint density at radius 2 is 2.03 bits per heavy atom. The maximum absolute atomic E-state index is 11.0. The summed E-state index contributed by atoms with van der Waals surface area (Å²) in [6, 6.07) is 10.1. The van der Waals surface area contributed by atoms with Crippen LogP contribution in [0, 0.1) is 10.1 Å². The molecule has 152 valence electrons. The van der Waals surface area contributed by atoms with Gasteiger partial charge in [0.25, 0.3) is 5.69 Å². The average molecular weight is 417 g/mol. The van der Waals surface area contributed by atoms with E-state index in [4.69, 9.17) is 21.1 Å². The first-order valence-electron chi connectivity index (χ1n) is 9.11. The van der Waals surface area contributed by atoms with Gasteiger partial charge in [0, 0.05) is 36.0 Å². The predicted octanol–water partition coefficient (Wildman–Crippen LogP) is 4.56. The van der Waals surface area contributed by atoms with E-state index >= 15 is 0 Å². The number of alkyl halides is 1. The molecule has 3 aromatic rings. The zero-order valence-electron chi connectivity index (χ0n) is 15.9. The molecule has 0 unspecified atom stereocenters. The Bertz CT molecular complexity index is 999.